The number of allylic oxidation sites excluding steroid dienone is 11. The van der Waals surface area contributed by atoms with Crippen LogP contribution in [-0.4, -0.2) is 66.1 Å². The van der Waals surface area contributed by atoms with E-state index in [0.29, 0.717) is 13.0 Å². The standard InChI is InChI=1S/C33H42N4O3/c1-5-7-12-26(22-35(3)24-38)30-18-17-28-21-31(32(30)40-29-13-10-8-9-11-14-29)34-23-37(28)27-16-15-25(6-2)33(39)36(4)20-19-27/h7-13,17-19,22-25,28,31H,5-6,14-16,20-21H2,1-4H3/b12-7-,26-22+,27-19+. The SMILES string of the molecule is CC/C=C\C(=C/N(C)C=O)C1=C(OC2=CC=CC=CC2)C2CC(C=C1)N(/C1=C/CN(C)C(=O)C(CC)CC1)C=N2. The summed E-state index contributed by atoms with van der Waals surface area (Å²) in [4.78, 5) is 34.9. The lowest BCUT2D eigenvalue weighted by Gasteiger charge is -2.37. The largest absolute Gasteiger partial charge is 0.463 e. The first-order valence-electron chi connectivity index (χ1n) is 14.4. The Bertz CT molecular complexity index is 1230. The number of nitrogens with zero attached hydrogens (tertiary/aromatic N) is 4. The van der Waals surface area contributed by atoms with E-state index in [2.05, 4.69) is 55.2 Å². The third kappa shape index (κ3) is 7.00. The lowest BCUT2D eigenvalue weighted by atomic mass is 9.94. The van der Waals surface area contributed by atoms with Crippen LogP contribution in [0.15, 0.2) is 100 Å². The van der Waals surface area contributed by atoms with Gasteiger partial charge in [-0.2, -0.15) is 0 Å². The van der Waals surface area contributed by atoms with Gasteiger partial charge in [0, 0.05) is 62.4 Å². The van der Waals surface area contributed by atoms with Crippen LogP contribution in [0, 0.1) is 5.92 Å². The third-order valence-corrected chi connectivity index (χ3v) is 7.70. The van der Waals surface area contributed by atoms with E-state index in [1.165, 1.54) is 10.6 Å². The first-order chi connectivity index (χ1) is 19.4. The van der Waals surface area contributed by atoms with E-state index in [9.17, 15) is 9.59 Å². The summed E-state index contributed by atoms with van der Waals surface area (Å²) < 4.78 is 6.65. The maximum Gasteiger partial charge on any atom is 0.225 e. The predicted molar refractivity (Wildman–Crippen MR) is 161 cm³/mol. The molecule has 0 N–H and O–H groups in total. The molecule has 2 heterocycles. The second-order valence-corrected chi connectivity index (χ2v) is 10.6. The van der Waals surface area contributed by atoms with E-state index in [1.54, 1.807) is 7.05 Å². The average molecular weight is 543 g/mol. The number of aliphatic imine (C=N–C) groups is 1. The van der Waals surface area contributed by atoms with Gasteiger partial charge in [-0.25, -0.2) is 0 Å². The Balaban J connectivity index is 1.73. The van der Waals surface area contributed by atoms with Gasteiger partial charge in [-0.3, -0.25) is 14.6 Å². The number of hydrogen-bond acceptors (Lipinski definition) is 5. The second kappa shape index (κ2) is 14.0. The summed E-state index contributed by atoms with van der Waals surface area (Å²) in [5.74, 6) is 1.92. The molecular weight excluding hydrogens is 500 g/mol. The average Bonchev–Trinajstić information content (AvgIpc) is 3.30. The van der Waals surface area contributed by atoms with Gasteiger partial charge in [0.2, 0.25) is 12.3 Å². The molecule has 4 rings (SSSR count). The maximum absolute atomic E-state index is 12.7. The molecule has 0 saturated carbocycles. The van der Waals surface area contributed by atoms with Crippen molar-refractivity contribution in [1.29, 1.82) is 0 Å². The highest BCUT2D eigenvalue weighted by atomic mass is 16.5. The van der Waals surface area contributed by atoms with E-state index < -0.39 is 0 Å². The molecule has 212 valence electrons. The zero-order chi connectivity index (χ0) is 28.5. The fraction of sp³-hybridized carbons (Fsp3) is 0.424. The number of likely N-dealkylation sites (N-methyl/N-ethyl adjacent to an activating group) is 1. The predicted octanol–water partition coefficient (Wildman–Crippen LogP) is 5.80. The van der Waals surface area contributed by atoms with Gasteiger partial charge >= 0.3 is 0 Å². The summed E-state index contributed by atoms with van der Waals surface area (Å²) in [5, 5.41) is 0. The molecule has 3 unspecified atom stereocenters. The molecule has 7 heteroatoms. The van der Waals surface area contributed by atoms with Crippen molar-refractivity contribution in [2.75, 3.05) is 20.6 Å². The van der Waals surface area contributed by atoms with Crippen molar-refractivity contribution >= 4 is 18.7 Å². The van der Waals surface area contributed by atoms with Crippen LogP contribution in [0.25, 0.3) is 0 Å². The topological polar surface area (TPSA) is 65.5 Å². The van der Waals surface area contributed by atoms with E-state index >= 15 is 0 Å². The maximum atomic E-state index is 12.7. The Morgan fingerprint density at radius 2 is 2.10 bits per heavy atom. The monoisotopic (exact) mass is 542 g/mol. The first kappa shape index (κ1) is 29.1. The Hall–Kier alpha value is -3.87. The minimum atomic E-state index is -0.176. The summed E-state index contributed by atoms with van der Waals surface area (Å²) in [6.45, 7) is 4.77. The molecule has 7 nitrogen and oxygen atoms in total. The lowest BCUT2D eigenvalue weighted by molar-refractivity contribution is -0.134. The summed E-state index contributed by atoms with van der Waals surface area (Å²) in [5.41, 5.74) is 3.02. The highest BCUT2D eigenvalue weighted by Gasteiger charge is 2.34. The number of carbonyl (C=O) groups is 2. The van der Waals surface area contributed by atoms with E-state index in [1.807, 2.05) is 48.8 Å². The van der Waals surface area contributed by atoms with Crippen LogP contribution in [0.3, 0.4) is 0 Å². The highest BCUT2D eigenvalue weighted by Crippen LogP contribution is 2.36. The zero-order valence-electron chi connectivity index (χ0n) is 24.2. The molecule has 0 fully saturated rings. The zero-order valence-corrected chi connectivity index (χ0v) is 24.2. The summed E-state index contributed by atoms with van der Waals surface area (Å²) >= 11 is 0. The van der Waals surface area contributed by atoms with Gasteiger partial charge < -0.3 is 19.4 Å². The van der Waals surface area contributed by atoms with Crippen LogP contribution in [0.2, 0.25) is 0 Å². The Morgan fingerprint density at radius 1 is 1.25 bits per heavy atom. The fourth-order valence-corrected chi connectivity index (χ4v) is 5.38. The molecule has 0 saturated heterocycles. The number of rotatable bonds is 9. The van der Waals surface area contributed by atoms with Gasteiger partial charge in [-0.05, 0) is 37.8 Å². The number of amides is 2. The number of ether oxygens (including phenoxy) is 1. The molecule has 2 aliphatic carbocycles. The molecule has 0 radical (unpaired) electrons. The smallest absolute Gasteiger partial charge is 0.225 e. The van der Waals surface area contributed by atoms with Crippen molar-refractivity contribution in [2.45, 2.75) is 64.5 Å². The van der Waals surface area contributed by atoms with E-state index in [0.717, 1.165) is 61.2 Å². The van der Waals surface area contributed by atoms with Crippen molar-refractivity contribution in [3.8, 4) is 0 Å². The molecule has 2 amide bonds. The molecule has 40 heavy (non-hydrogen) atoms. The van der Waals surface area contributed by atoms with Crippen LogP contribution in [-0.2, 0) is 14.3 Å². The van der Waals surface area contributed by atoms with Crippen molar-refractivity contribution in [3.63, 3.8) is 0 Å². The first-order valence-corrected chi connectivity index (χ1v) is 14.4. The van der Waals surface area contributed by atoms with Gasteiger partial charge in [-0.1, -0.05) is 62.5 Å². The molecule has 0 spiro atoms. The summed E-state index contributed by atoms with van der Waals surface area (Å²) in [7, 11) is 3.62. The van der Waals surface area contributed by atoms with Crippen LogP contribution in [0.5, 0.6) is 0 Å². The van der Waals surface area contributed by atoms with Crippen LogP contribution in [0.1, 0.15) is 52.4 Å². The summed E-state index contributed by atoms with van der Waals surface area (Å²) in [6.07, 6.45) is 30.2. The number of hydrogen-bond donors (Lipinski definition) is 0. The quantitative estimate of drug-likeness (QED) is 0.273. The van der Waals surface area contributed by atoms with Gasteiger partial charge in [0.05, 0.1) is 12.4 Å². The Kier molecular flexibility index (Phi) is 10.2. The van der Waals surface area contributed by atoms with Crippen LogP contribution < -0.4 is 0 Å². The van der Waals surface area contributed by atoms with Gasteiger partial charge in [-0.15, -0.1) is 0 Å². The molecule has 0 aromatic rings. The molecule has 4 aliphatic rings. The Morgan fingerprint density at radius 3 is 2.88 bits per heavy atom. The fourth-order valence-electron chi connectivity index (χ4n) is 5.38. The van der Waals surface area contributed by atoms with E-state index in [4.69, 9.17) is 9.73 Å². The highest BCUT2D eigenvalue weighted by molar-refractivity contribution is 5.79. The molecule has 3 atom stereocenters. The van der Waals surface area contributed by atoms with Crippen molar-refractivity contribution in [1.82, 2.24) is 14.7 Å². The normalized spacial score (nSPS) is 26.6. The van der Waals surface area contributed by atoms with Crippen molar-refractivity contribution in [3.05, 3.63) is 95.3 Å². The van der Waals surface area contributed by atoms with E-state index in [-0.39, 0.29) is 23.9 Å². The minimum Gasteiger partial charge on any atom is -0.463 e. The molecule has 0 aromatic heterocycles. The molecule has 0 aromatic carbocycles. The molecular formula is C33H42N4O3. The second-order valence-electron chi connectivity index (χ2n) is 10.6. The summed E-state index contributed by atoms with van der Waals surface area (Å²) in [6, 6.07) is -0.0846. The number of fused-ring (bicyclic) bond motifs is 2. The van der Waals surface area contributed by atoms with Crippen LogP contribution >= 0.6 is 0 Å². The minimum absolute atomic E-state index is 0.0462. The van der Waals surface area contributed by atoms with Crippen LogP contribution in [0.4, 0.5) is 0 Å². The molecule has 2 bridgehead atoms. The lowest BCUT2D eigenvalue weighted by Crippen LogP contribution is -2.41. The van der Waals surface area contributed by atoms with Gasteiger partial charge in [0.1, 0.15) is 17.6 Å². The van der Waals surface area contributed by atoms with Gasteiger partial charge in [0.25, 0.3) is 0 Å². The number of carbonyl (C=O) groups excluding carboxylic acids is 2. The molecule has 2 aliphatic heterocycles. The third-order valence-electron chi connectivity index (χ3n) is 7.70. The van der Waals surface area contributed by atoms with Crippen molar-refractivity contribution < 1.29 is 14.3 Å². The van der Waals surface area contributed by atoms with Crippen molar-refractivity contribution in [2.24, 2.45) is 10.9 Å². The van der Waals surface area contributed by atoms with Gasteiger partial charge in [0.15, 0.2) is 0 Å². The Labute approximate surface area is 238 Å².